The van der Waals surface area contributed by atoms with Gasteiger partial charge in [-0.3, -0.25) is 0 Å². The van der Waals surface area contributed by atoms with Crippen LogP contribution in [0.25, 0.3) is 0 Å². The maximum Gasteiger partial charge on any atom is 0.0138 e. The Labute approximate surface area is 111 Å². The molecule has 3 rings (SSSR count). The maximum absolute atomic E-state index is 3.54. The summed E-state index contributed by atoms with van der Waals surface area (Å²) in [5.74, 6) is 0.857. The first-order chi connectivity index (χ1) is 8.60. The van der Waals surface area contributed by atoms with Gasteiger partial charge in [-0.1, -0.05) is 32.0 Å². The Kier molecular flexibility index (Phi) is 2.97. The summed E-state index contributed by atoms with van der Waals surface area (Å²) in [7, 11) is 2.12. The SMILES string of the molecule is CNC(Cc1ccc2c(c1)CCC2)C1CC1(C)C. The zero-order valence-electron chi connectivity index (χ0n) is 11.9. The summed E-state index contributed by atoms with van der Waals surface area (Å²) >= 11 is 0. The second-order valence-electron chi connectivity index (χ2n) is 6.86. The molecule has 2 unspecified atom stereocenters. The van der Waals surface area contributed by atoms with E-state index < -0.39 is 0 Å². The fourth-order valence-electron chi connectivity index (χ4n) is 3.65. The minimum atomic E-state index is 0.560. The Morgan fingerprint density at radius 2 is 2.00 bits per heavy atom. The number of nitrogens with one attached hydrogen (secondary N) is 1. The zero-order chi connectivity index (χ0) is 12.8. The van der Waals surface area contributed by atoms with Crippen molar-refractivity contribution in [3.63, 3.8) is 0 Å². The lowest BCUT2D eigenvalue weighted by Crippen LogP contribution is -2.31. The van der Waals surface area contributed by atoms with Crippen LogP contribution in [0.2, 0.25) is 0 Å². The van der Waals surface area contributed by atoms with Crippen molar-refractivity contribution in [3.8, 4) is 0 Å². The Morgan fingerprint density at radius 3 is 2.67 bits per heavy atom. The van der Waals surface area contributed by atoms with Crippen LogP contribution in [-0.2, 0) is 19.3 Å². The Balaban J connectivity index is 1.72. The van der Waals surface area contributed by atoms with Gasteiger partial charge in [0, 0.05) is 6.04 Å². The molecule has 0 amide bonds. The van der Waals surface area contributed by atoms with Crippen molar-refractivity contribution >= 4 is 0 Å². The normalized spacial score (nSPS) is 25.8. The molecule has 0 spiro atoms. The predicted octanol–water partition coefficient (Wildman–Crippen LogP) is 3.35. The van der Waals surface area contributed by atoms with Gasteiger partial charge >= 0.3 is 0 Å². The fourth-order valence-corrected chi connectivity index (χ4v) is 3.65. The van der Waals surface area contributed by atoms with Gasteiger partial charge in [0.2, 0.25) is 0 Å². The molecule has 1 saturated carbocycles. The minimum Gasteiger partial charge on any atom is -0.316 e. The van der Waals surface area contributed by atoms with E-state index in [0.717, 1.165) is 5.92 Å². The summed E-state index contributed by atoms with van der Waals surface area (Å²) in [4.78, 5) is 0. The van der Waals surface area contributed by atoms with Crippen molar-refractivity contribution in [2.24, 2.45) is 11.3 Å². The summed E-state index contributed by atoms with van der Waals surface area (Å²) in [6.07, 6.45) is 6.51. The summed E-state index contributed by atoms with van der Waals surface area (Å²) in [5.41, 5.74) is 5.28. The van der Waals surface area contributed by atoms with Gasteiger partial charge in [-0.15, -0.1) is 0 Å². The largest absolute Gasteiger partial charge is 0.316 e. The standard InChI is InChI=1S/C17H25N/c1-17(2)11-15(17)16(18-3)10-12-7-8-13-5-4-6-14(13)9-12/h7-9,15-16,18H,4-6,10-11H2,1-3H3. The number of likely N-dealkylation sites (N-methyl/N-ethyl adjacent to an activating group) is 1. The smallest absolute Gasteiger partial charge is 0.0138 e. The number of fused-ring (bicyclic) bond motifs is 1. The highest BCUT2D eigenvalue weighted by atomic mass is 14.9. The monoisotopic (exact) mass is 243 g/mol. The second-order valence-corrected chi connectivity index (χ2v) is 6.86. The van der Waals surface area contributed by atoms with Crippen molar-refractivity contribution < 1.29 is 0 Å². The first kappa shape index (κ1) is 12.2. The molecule has 1 fully saturated rings. The molecule has 0 aromatic heterocycles. The Hall–Kier alpha value is -0.820. The van der Waals surface area contributed by atoms with E-state index in [4.69, 9.17) is 0 Å². The molecule has 2 atom stereocenters. The number of hydrogen-bond acceptors (Lipinski definition) is 1. The molecule has 1 N–H and O–H groups in total. The van der Waals surface area contributed by atoms with Crippen molar-refractivity contribution in [1.29, 1.82) is 0 Å². The molecule has 1 aromatic rings. The molecule has 2 aliphatic rings. The molecule has 0 bridgehead atoms. The molecule has 0 radical (unpaired) electrons. The molecular formula is C17H25N. The van der Waals surface area contributed by atoms with E-state index >= 15 is 0 Å². The quantitative estimate of drug-likeness (QED) is 0.855. The van der Waals surface area contributed by atoms with Crippen molar-refractivity contribution in [1.82, 2.24) is 5.32 Å². The maximum atomic E-state index is 3.54. The predicted molar refractivity (Wildman–Crippen MR) is 76.9 cm³/mol. The van der Waals surface area contributed by atoms with Gasteiger partial charge in [0.1, 0.15) is 0 Å². The molecular weight excluding hydrogens is 218 g/mol. The van der Waals surface area contributed by atoms with Crippen molar-refractivity contribution in [3.05, 3.63) is 34.9 Å². The molecule has 1 heteroatoms. The fraction of sp³-hybridized carbons (Fsp3) is 0.647. The van der Waals surface area contributed by atoms with Gasteiger partial charge in [0.05, 0.1) is 0 Å². The summed E-state index contributed by atoms with van der Waals surface area (Å²) in [6, 6.07) is 7.83. The van der Waals surface area contributed by atoms with Crippen molar-refractivity contribution in [2.45, 2.75) is 52.0 Å². The first-order valence-electron chi connectivity index (χ1n) is 7.38. The Bertz CT molecular complexity index is 447. The molecule has 2 aliphatic carbocycles. The molecule has 1 aromatic carbocycles. The van der Waals surface area contributed by atoms with E-state index in [0.29, 0.717) is 11.5 Å². The van der Waals surface area contributed by atoms with E-state index in [2.05, 4.69) is 44.4 Å². The van der Waals surface area contributed by atoms with Gasteiger partial charge < -0.3 is 5.32 Å². The molecule has 98 valence electrons. The highest BCUT2D eigenvalue weighted by molar-refractivity contribution is 5.35. The summed E-state index contributed by atoms with van der Waals surface area (Å²) < 4.78 is 0. The summed E-state index contributed by atoms with van der Waals surface area (Å²) in [5, 5.41) is 3.54. The zero-order valence-corrected chi connectivity index (χ0v) is 11.9. The van der Waals surface area contributed by atoms with E-state index in [9.17, 15) is 0 Å². The number of benzene rings is 1. The molecule has 1 nitrogen and oxygen atoms in total. The molecule has 0 heterocycles. The molecule has 0 aliphatic heterocycles. The van der Waals surface area contributed by atoms with Crippen LogP contribution in [0.5, 0.6) is 0 Å². The van der Waals surface area contributed by atoms with Crippen LogP contribution in [0.1, 0.15) is 43.4 Å². The average molecular weight is 243 g/mol. The highest BCUT2D eigenvalue weighted by Gasteiger charge is 2.49. The van der Waals surface area contributed by atoms with Crippen LogP contribution in [-0.4, -0.2) is 13.1 Å². The average Bonchev–Trinajstić information content (AvgIpc) is 2.77. The van der Waals surface area contributed by atoms with Crippen LogP contribution >= 0.6 is 0 Å². The third-order valence-corrected chi connectivity index (χ3v) is 5.06. The van der Waals surface area contributed by atoms with E-state index in [1.54, 1.807) is 11.1 Å². The van der Waals surface area contributed by atoms with Gasteiger partial charge in [-0.2, -0.15) is 0 Å². The van der Waals surface area contributed by atoms with Crippen LogP contribution in [0.3, 0.4) is 0 Å². The van der Waals surface area contributed by atoms with E-state index in [1.165, 1.54) is 37.7 Å². The lowest BCUT2D eigenvalue weighted by atomic mass is 9.95. The molecule has 0 saturated heterocycles. The van der Waals surface area contributed by atoms with Gasteiger partial charge in [0.25, 0.3) is 0 Å². The molecule has 18 heavy (non-hydrogen) atoms. The van der Waals surface area contributed by atoms with E-state index in [-0.39, 0.29) is 0 Å². The van der Waals surface area contributed by atoms with Gasteiger partial charge in [-0.25, -0.2) is 0 Å². The second kappa shape index (κ2) is 4.38. The van der Waals surface area contributed by atoms with Crippen LogP contribution in [0, 0.1) is 11.3 Å². The lowest BCUT2D eigenvalue weighted by Gasteiger charge is -2.18. The minimum absolute atomic E-state index is 0.560. The van der Waals surface area contributed by atoms with Gasteiger partial charge in [0.15, 0.2) is 0 Å². The lowest BCUT2D eigenvalue weighted by molar-refractivity contribution is 0.426. The third-order valence-electron chi connectivity index (χ3n) is 5.06. The summed E-state index contributed by atoms with van der Waals surface area (Å²) in [6.45, 7) is 4.79. The highest BCUT2D eigenvalue weighted by Crippen LogP contribution is 2.54. The number of rotatable bonds is 4. The van der Waals surface area contributed by atoms with Crippen LogP contribution in [0.15, 0.2) is 18.2 Å². The Morgan fingerprint density at radius 1 is 1.28 bits per heavy atom. The van der Waals surface area contributed by atoms with E-state index in [1.807, 2.05) is 0 Å². The van der Waals surface area contributed by atoms with Crippen LogP contribution < -0.4 is 5.32 Å². The topological polar surface area (TPSA) is 12.0 Å². The van der Waals surface area contributed by atoms with Crippen molar-refractivity contribution in [2.75, 3.05) is 7.05 Å². The first-order valence-corrected chi connectivity index (χ1v) is 7.38. The van der Waals surface area contributed by atoms with Gasteiger partial charge in [-0.05, 0) is 67.2 Å². The van der Waals surface area contributed by atoms with Crippen LogP contribution in [0.4, 0.5) is 0 Å². The number of aryl methyl sites for hydroxylation is 2. The third kappa shape index (κ3) is 2.21. The number of hydrogen-bond donors (Lipinski definition) is 1.